The Morgan fingerprint density at radius 3 is 2.64 bits per heavy atom. The van der Waals surface area contributed by atoms with Crippen LogP contribution in [0, 0.1) is 0 Å². The number of nitrogens with one attached hydrogen (secondary N) is 1. The van der Waals surface area contributed by atoms with Gasteiger partial charge in [-0.25, -0.2) is 0 Å². The summed E-state index contributed by atoms with van der Waals surface area (Å²) in [5.41, 5.74) is 0. The Hall–Kier alpha value is 0.310. The van der Waals surface area contributed by atoms with E-state index in [4.69, 9.17) is 0 Å². The van der Waals surface area contributed by atoms with Crippen LogP contribution in [0.15, 0.2) is 0 Å². The van der Waals surface area contributed by atoms with Gasteiger partial charge in [0, 0.05) is 11.3 Å². The normalized spacial score (nSPS) is 28.7. The first-order valence-electron chi connectivity index (χ1n) is 6.23. The third kappa shape index (κ3) is 4.22. The fourth-order valence-electron chi connectivity index (χ4n) is 2.24. The lowest BCUT2D eigenvalue weighted by Gasteiger charge is -2.25. The molecule has 14 heavy (non-hydrogen) atoms. The van der Waals surface area contributed by atoms with Crippen molar-refractivity contribution < 1.29 is 0 Å². The van der Waals surface area contributed by atoms with Crippen LogP contribution in [0.3, 0.4) is 0 Å². The summed E-state index contributed by atoms with van der Waals surface area (Å²) in [5, 5.41) is 4.55. The van der Waals surface area contributed by atoms with Crippen molar-refractivity contribution in [2.75, 3.05) is 12.3 Å². The van der Waals surface area contributed by atoms with Crippen LogP contribution in [0.5, 0.6) is 0 Å². The molecule has 84 valence electrons. The molecule has 0 aromatic rings. The third-order valence-electron chi connectivity index (χ3n) is 2.95. The zero-order valence-electron chi connectivity index (χ0n) is 9.72. The topological polar surface area (TPSA) is 12.0 Å². The second-order valence-corrected chi connectivity index (χ2v) is 5.56. The molecule has 1 aliphatic rings. The van der Waals surface area contributed by atoms with Gasteiger partial charge >= 0.3 is 0 Å². The molecule has 0 radical (unpaired) electrons. The molecule has 1 nitrogen and oxygen atoms in total. The predicted octanol–water partition coefficient (Wildman–Crippen LogP) is 3.44. The Morgan fingerprint density at radius 2 is 1.93 bits per heavy atom. The highest BCUT2D eigenvalue weighted by Gasteiger charge is 2.22. The third-order valence-corrected chi connectivity index (χ3v) is 4.59. The van der Waals surface area contributed by atoms with Crippen molar-refractivity contribution in [3.05, 3.63) is 0 Å². The van der Waals surface area contributed by atoms with E-state index in [0.29, 0.717) is 0 Å². The largest absolute Gasteiger partial charge is 0.313 e. The van der Waals surface area contributed by atoms with Crippen LogP contribution in [0.2, 0.25) is 0 Å². The van der Waals surface area contributed by atoms with E-state index >= 15 is 0 Å². The molecule has 2 unspecified atom stereocenters. The molecule has 0 bridgehead atoms. The zero-order valence-corrected chi connectivity index (χ0v) is 10.5. The highest BCUT2D eigenvalue weighted by molar-refractivity contribution is 7.99. The molecule has 0 aromatic heterocycles. The quantitative estimate of drug-likeness (QED) is 0.705. The minimum Gasteiger partial charge on any atom is -0.313 e. The van der Waals surface area contributed by atoms with Gasteiger partial charge in [-0.2, -0.15) is 11.8 Å². The van der Waals surface area contributed by atoms with Crippen LogP contribution in [-0.2, 0) is 0 Å². The van der Waals surface area contributed by atoms with Crippen LogP contribution in [-0.4, -0.2) is 23.6 Å². The van der Waals surface area contributed by atoms with E-state index < -0.39 is 0 Å². The Bertz CT molecular complexity index is 138. The average Bonchev–Trinajstić information content (AvgIpc) is 2.41. The highest BCUT2D eigenvalue weighted by Crippen LogP contribution is 2.28. The molecular formula is C12H25NS. The molecule has 1 fully saturated rings. The van der Waals surface area contributed by atoms with E-state index in [1.165, 1.54) is 44.3 Å². The van der Waals surface area contributed by atoms with E-state index in [-0.39, 0.29) is 0 Å². The first-order chi connectivity index (χ1) is 6.88. The second-order valence-electron chi connectivity index (χ2n) is 4.21. The maximum atomic E-state index is 3.66. The zero-order chi connectivity index (χ0) is 10.2. The summed E-state index contributed by atoms with van der Waals surface area (Å²) < 4.78 is 0. The van der Waals surface area contributed by atoms with E-state index in [2.05, 4.69) is 30.9 Å². The van der Waals surface area contributed by atoms with Gasteiger partial charge in [0.15, 0.2) is 0 Å². The molecule has 1 N–H and O–H groups in total. The number of hydrogen-bond donors (Lipinski definition) is 1. The molecule has 1 saturated carbocycles. The molecule has 1 aliphatic carbocycles. The first kappa shape index (κ1) is 12.4. The van der Waals surface area contributed by atoms with Gasteiger partial charge in [0.1, 0.15) is 0 Å². The lowest BCUT2D eigenvalue weighted by atomic mass is 10.1. The monoisotopic (exact) mass is 215 g/mol. The summed E-state index contributed by atoms with van der Waals surface area (Å²) in [6.45, 7) is 5.65. The van der Waals surface area contributed by atoms with Crippen molar-refractivity contribution in [2.45, 2.75) is 63.7 Å². The fourth-order valence-corrected chi connectivity index (χ4v) is 3.57. The van der Waals surface area contributed by atoms with Gasteiger partial charge in [-0.3, -0.25) is 0 Å². The van der Waals surface area contributed by atoms with E-state index in [0.717, 1.165) is 17.8 Å². The summed E-state index contributed by atoms with van der Waals surface area (Å²) in [4.78, 5) is 0. The van der Waals surface area contributed by atoms with E-state index in [1.54, 1.807) is 0 Å². The van der Waals surface area contributed by atoms with Crippen LogP contribution in [0.25, 0.3) is 0 Å². The number of thioether (sulfide) groups is 1. The molecule has 2 atom stereocenters. The molecule has 0 saturated heterocycles. The Morgan fingerprint density at radius 1 is 1.14 bits per heavy atom. The Balaban J connectivity index is 2.37. The van der Waals surface area contributed by atoms with Crippen LogP contribution >= 0.6 is 11.8 Å². The summed E-state index contributed by atoms with van der Waals surface area (Å²) in [5.74, 6) is 1.34. The molecule has 1 rings (SSSR count). The van der Waals surface area contributed by atoms with Gasteiger partial charge in [-0.05, 0) is 31.6 Å². The smallest absolute Gasteiger partial charge is 0.0201 e. The molecule has 0 aliphatic heterocycles. The first-order valence-corrected chi connectivity index (χ1v) is 7.28. The van der Waals surface area contributed by atoms with Gasteiger partial charge in [-0.15, -0.1) is 0 Å². The van der Waals surface area contributed by atoms with E-state index in [9.17, 15) is 0 Å². The molecule has 0 spiro atoms. The van der Waals surface area contributed by atoms with E-state index in [1.807, 2.05) is 0 Å². The number of rotatable bonds is 5. The van der Waals surface area contributed by atoms with Crippen molar-refractivity contribution in [1.29, 1.82) is 0 Å². The molecule has 0 aromatic carbocycles. The van der Waals surface area contributed by atoms with Gasteiger partial charge in [0.05, 0.1) is 0 Å². The number of hydrogen-bond acceptors (Lipinski definition) is 2. The van der Waals surface area contributed by atoms with Gasteiger partial charge in [0.2, 0.25) is 0 Å². The van der Waals surface area contributed by atoms with Crippen molar-refractivity contribution in [2.24, 2.45) is 0 Å². The summed E-state index contributed by atoms with van der Waals surface area (Å²) in [6, 6.07) is 0.791. The van der Waals surface area contributed by atoms with Crippen LogP contribution < -0.4 is 5.32 Å². The SMILES string of the molecule is CCCSC1CCCCCC1NCC. The molecule has 2 heteroatoms. The van der Waals surface area contributed by atoms with Crippen molar-refractivity contribution in [1.82, 2.24) is 5.32 Å². The molecule has 0 heterocycles. The fraction of sp³-hybridized carbons (Fsp3) is 1.00. The Labute approximate surface area is 93.4 Å². The van der Waals surface area contributed by atoms with Gasteiger partial charge in [-0.1, -0.05) is 33.1 Å². The van der Waals surface area contributed by atoms with Gasteiger partial charge in [0.25, 0.3) is 0 Å². The second kappa shape index (κ2) is 7.58. The lowest BCUT2D eigenvalue weighted by molar-refractivity contribution is 0.482. The minimum absolute atomic E-state index is 0.791. The van der Waals surface area contributed by atoms with Gasteiger partial charge < -0.3 is 5.32 Å². The van der Waals surface area contributed by atoms with Crippen LogP contribution in [0.1, 0.15) is 52.4 Å². The summed E-state index contributed by atoms with van der Waals surface area (Å²) >= 11 is 2.20. The lowest BCUT2D eigenvalue weighted by Crippen LogP contribution is -2.37. The summed E-state index contributed by atoms with van der Waals surface area (Å²) in [7, 11) is 0. The minimum atomic E-state index is 0.791. The van der Waals surface area contributed by atoms with Crippen molar-refractivity contribution in [3.8, 4) is 0 Å². The van der Waals surface area contributed by atoms with Crippen LogP contribution in [0.4, 0.5) is 0 Å². The Kier molecular flexibility index (Phi) is 6.70. The molecule has 0 amide bonds. The molecular weight excluding hydrogens is 190 g/mol. The predicted molar refractivity (Wildman–Crippen MR) is 67.1 cm³/mol. The van der Waals surface area contributed by atoms with Crippen molar-refractivity contribution in [3.63, 3.8) is 0 Å². The highest BCUT2D eigenvalue weighted by atomic mass is 32.2. The standard InChI is InChI=1S/C12H25NS/c1-3-10-14-12-9-7-5-6-8-11(12)13-4-2/h11-13H,3-10H2,1-2H3. The maximum Gasteiger partial charge on any atom is 0.0201 e. The van der Waals surface area contributed by atoms with Crippen molar-refractivity contribution >= 4 is 11.8 Å². The summed E-state index contributed by atoms with van der Waals surface area (Å²) in [6.07, 6.45) is 8.48. The average molecular weight is 215 g/mol. The maximum absolute atomic E-state index is 3.66.